The van der Waals surface area contributed by atoms with Gasteiger partial charge >= 0.3 is 6.09 Å². The van der Waals surface area contributed by atoms with Crippen molar-refractivity contribution in [1.82, 2.24) is 4.90 Å². The first-order chi connectivity index (χ1) is 13.3. The lowest BCUT2D eigenvalue weighted by Crippen LogP contribution is -2.38. The number of carbonyl (C=O) groups is 1. The first kappa shape index (κ1) is 22.2. The van der Waals surface area contributed by atoms with E-state index in [0.29, 0.717) is 19.4 Å². The highest BCUT2D eigenvalue weighted by molar-refractivity contribution is 9.10. The molecule has 0 saturated carbocycles. The smallest absolute Gasteiger partial charge is 0.409 e. The molecule has 0 saturated heterocycles. The summed E-state index contributed by atoms with van der Waals surface area (Å²) in [5.41, 5.74) is 1.60. The van der Waals surface area contributed by atoms with Crippen LogP contribution < -0.4 is 0 Å². The Balaban J connectivity index is 2.26. The lowest BCUT2D eigenvalue weighted by Gasteiger charge is -2.34. The molecule has 4 nitrogen and oxygen atoms in total. The number of benzene rings is 2. The van der Waals surface area contributed by atoms with Crippen molar-refractivity contribution in [3.63, 3.8) is 0 Å². The summed E-state index contributed by atoms with van der Waals surface area (Å²) in [6.07, 6.45) is 0.389. The van der Waals surface area contributed by atoms with E-state index in [4.69, 9.17) is 4.74 Å². The molecule has 2 aromatic carbocycles. The van der Waals surface area contributed by atoms with Crippen molar-refractivity contribution in [2.24, 2.45) is 0 Å². The van der Waals surface area contributed by atoms with Crippen LogP contribution in [-0.2, 0) is 10.3 Å². The number of halogens is 1. The highest BCUT2D eigenvalue weighted by atomic mass is 79.9. The van der Waals surface area contributed by atoms with Gasteiger partial charge in [-0.05, 0) is 43.5 Å². The number of nitrogens with zero attached hydrogens (tertiary/aromatic N) is 1. The van der Waals surface area contributed by atoms with E-state index in [1.54, 1.807) is 4.90 Å². The van der Waals surface area contributed by atoms with Crippen LogP contribution in [0, 0.1) is 0 Å². The molecule has 0 aliphatic carbocycles. The molecule has 28 heavy (non-hydrogen) atoms. The van der Waals surface area contributed by atoms with Crippen molar-refractivity contribution in [2.45, 2.75) is 38.3 Å². The van der Waals surface area contributed by atoms with E-state index in [-0.39, 0.29) is 6.04 Å². The lowest BCUT2D eigenvalue weighted by atomic mass is 9.84. The third kappa shape index (κ3) is 5.69. The molecule has 0 heterocycles. The molecule has 0 fully saturated rings. The van der Waals surface area contributed by atoms with Gasteiger partial charge in [-0.3, -0.25) is 0 Å². The summed E-state index contributed by atoms with van der Waals surface area (Å²) in [4.78, 5) is 14.1. The second-order valence-electron chi connectivity index (χ2n) is 7.17. The van der Waals surface area contributed by atoms with Crippen LogP contribution in [0.4, 0.5) is 4.79 Å². The summed E-state index contributed by atoms with van der Waals surface area (Å²) in [5, 5.41) is 11.4. The fourth-order valence-corrected chi connectivity index (χ4v) is 3.63. The van der Waals surface area contributed by atoms with Gasteiger partial charge in [-0.15, -0.1) is 6.58 Å². The van der Waals surface area contributed by atoms with Crippen molar-refractivity contribution in [3.8, 4) is 0 Å². The minimum Gasteiger partial charge on any atom is -0.453 e. The van der Waals surface area contributed by atoms with E-state index in [1.165, 1.54) is 7.11 Å². The Morgan fingerprint density at radius 2 is 1.82 bits per heavy atom. The highest BCUT2D eigenvalue weighted by Gasteiger charge is 2.32. The van der Waals surface area contributed by atoms with Gasteiger partial charge in [0.05, 0.1) is 18.8 Å². The van der Waals surface area contributed by atoms with Crippen LogP contribution in [0.25, 0.3) is 0 Å². The van der Waals surface area contributed by atoms with Gasteiger partial charge in [0, 0.05) is 17.4 Å². The first-order valence-corrected chi connectivity index (χ1v) is 10.1. The molecule has 0 spiro atoms. The lowest BCUT2D eigenvalue weighted by molar-refractivity contribution is 0.0136. The molecule has 0 radical (unpaired) electrons. The third-order valence-corrected chi connectivity index (χ3v) is 5.43. The van der Waals surface area contributed by atoms with Gasteiger partial charge in [0.2, 0.25) is 0 Å². The molecule has 5 heteroatoms. The maximum atomic E-state index is 12.5. The Morgan fingerprint density at radius 1 is 1.21 bits per heavy atom. The molecule has 0 bridgehead atoms. The predicted octanol–water partition coefficient (Wildman–Crippen LogP) is 5.82. The van der Waals surface area contributed by atoms with Crippen LogP contribution in [0.2, 0.25) is 0 Å². The standard InChI is InChI=1S/C23H28BrNO3/c1-17(2)16-23(27,20-8-6-5-7-9-20)14-15-25(22(26)28-4)18(3)19-10-12-21(24)13-11-19/h5-13,18,27H,1,14-16H2,2-4H3/t18-,23?/m0/s1. The molecular formula is C23H28BrNO3. The third-order valence-electron chi connectivity index (χ3n) is 4.90. The van der Waals surface area contributed by atoms with Crippen LogP contribution >= 0.6 is 15.9 Å². The number of carbonyl (C=O) groups excluding carboxylic acids is 1. The number of aliphatic hydroxyl groups is 1. The number of amides is 1. The van der Waals surface area contributed by atoms with Gasteiger partial charge in [0.1, 0.15) is 0 Å². The van der Waals surface area contributed by atoms with E-state index in [2.05, 4.69) is 22.5 Å². The fraction of sp³-hybridized carbons (Fsp3) is 0.348. The number of ether oxygens (including phenoxy) is 1. The second-order valence-corrected chi connectivity index (χ2v) is 8.09. The Kier molecular flexibility index (Phi) is 7.84. The molecule has 0 aliphatic rings. The van der Waals surface area contributed by atoms with E-state index >= 15 is 0 Å². The largest absolute Gasteiger partial charge is 0.453 e. The predicted molar refractivity (Wildman–Crippen MR) is 116 cm³/mol. The average Bonchev–Trinajstić information content (AvgIpc) is 2.68. The quantitative estimate of drug-likeness (QED) is 0.520. The number of hydrogen-bond donors (Lipinski definition) is 1. The van der Waals surface area contributed by atoms with E-state index < -0.39 is 11.7 Å². The maximum absolute atomic E-state index is 12.5. The van der Waals surface area contributed by atoms with E-state index in [9.17, 15) is 9.90 Å². The Hall–Kier alpha value is -2.11. The topological polar surface area (TPSA) is 49.8 Å². The zero-order chi connectivity index (χ0) is 20.7. The summed E-state index contributed by atoms with van der Waals surface area (Å²) in [7, 11) is 1.38. The van der Waals surface area contributed by atoms with Crippen molar-refractivity contribution in [3.05, 3.63) is 82.3 Å². The van der Waals surface area contributed by atoms with Crippen molar-refractivity contribution in [2.75, 3.05) is 13.7 Å². The molecule has 0 aromatic heterocycles. The van der Waals surface area contributed by atoms with Crippen molar-refractivity contribution < 1.29 is 14.6 Å². The summed E-state index contributed by atoms with van der Waals surface area (Å²) in [5.74, 6) is 0. The van der Waals surface area contributed by atoms with Gasteiger partial charge < -0.3 is 14.7 Å². The van der Waals surface area contributed by atoms with Gasteiger partial charge in [-0.2, -0.15) is 0 Å². The van der Waals surface area contributed by atoms with E-state index in [0.717, 1.165) is 21.2 Å². The van der Waals surface area contributed by atoms with Gasteiger partial charge in [0.25, 0.3) is 0 Å². The number of rotatable bonds is 8. The molecule has 2 aromatic rings. The van der Waals surface area contributed by atoms with Crippen LogP contribution in [0.1, 0.15) is 43.9 Å². The van der Waals surface area contributed by atoms with Crippen LogP contribution in [0.3, 0.4) is 0 Å². The van der Waals surface area contributed by atoms with Gasteiger partial charge in [0.15, 0.2) is 0 Å². The summed E-state index contributed by atoms with van der Waals surface area (Å²) >= 11 is 3.43. The zero-order valence-corrected chi connectivity index (χ0v) is 18.3. The van der Waals surface area contributed by atoms with Gasteiger partial charge in [-0.25, -0.2) is 4.79 Å². The van der Waals surface area contributed by atoms with Crippen LogP contribution in [0.15, 0.2) is 71.2 Å². The molecule has 2 rings (SSSR count). The summed E-state index contributed by atoms with van der Waals surface area (Å²) < 4.78 is 5.99. The van der Waals surface area contributed by atoms with Crippen LogP contribution in [-0.4, -0.2) is 29.8 Å². The van der Waals surface area contributed by atoms with Crippen LogP contribution in [0.5, 0.6) is 0 Å². The number of methoxy groups -OCH3 is 1. The molecule has 1 amide bonds. The molecule has 1 unspecified atom stereocenters. The molecule has 0 aliphatic heterocycles. The fourth-order valence-electron chi connectivity index (χ4n) is 3.37. The van der Waals surface area contributed by atoms with Gasteiger partial charge in [-0.1, -0.05) is 64.0 Å². The second kappa shape index (κ2) is 9.89. The highest BCUT2D eigenvalue weighted by Crippen LogP contribution is 2.33. The monoisotopic (exact) mass is 445 g/mol. The Bertz CT molecular complexity index is 791. The van der Waals surface area contributed by atoms with Crippen molar-refractivity contribution >= 4 is 22.0 Å². The Labute approximate surface area is 176 Å². The van der Waals surface area contributed by atoms with E-state index in [1.807, 2.05) is 68.4 Å². The minimum atomic E-state index is -1.10. The zero-order valence-electron chi connectivity index (χ0n) is 16.7. The minimum absolute atomic E-state index is 0.189. The SMILES string of the molecule is C=C(C)CC(O)(CCN(C(=O)OC)[C@@H](C)c1ccc(Br)cc1)c1ccccc1. The summed E-state index contributed by atoms with van der Waals surface area (Å²) in [6.45, 7) is 8.17. The number of hydrogen-bond acceptors (Lipinski definition) is 3. The first-order valence-electron chi connectivity index (χ1n) is 9.29. The maximum Gasteiger partial charge on any atom is 0.409 e. The molecule has 150 valence electrons. The van der Waals surface area contributed by atoms with Crippen molar-refractivity contribution in [1.29, 1.82) is 0 Å². The molecule has 2 atom stereocenters. The molecule has 1 N–H and O–H groups in total. The summed E-state index contributed by atoms with van der Waals surface area (Å²) in [6, 6.07) is 17.2. The molecular weight excluding hydrogens is 418 g/mol. The Morgan fingerprint density at radius 3 is 2.36 bits per heavy atom. The normalized spacial score (nSPS) is 14.0. The average molecular weight is 446 g/mol.